The van der Waals surface area contributed by atoms with Gasteiger partial charge in [0.1, 0.15) is 17.0 Å². The van der Waals surface area contributed by atoms with Crippen LogP contribution in [0.2, 0.25) is 0 Å². The highest BCUT2D eigenvalue weighted by molar-refractivity contribution is 7.92. The molecule has 1 unspecified atom stereocenters. The highest BCUT2D eigenvalue weighted by atomic mass is 32.2. The Labute approximate surface area is 184 Å². The molecule has 1 aromatic carbocycles. The maximum atomic E-state index is 14.8. The minimum atomic E-state index is -3.66. The molecule has 2 fully saturated rings. The fourth-order valence-corrected chi connectivity index (χ4v) is 5.93. The van der Waals surface area contributed by atoms with Gasteiger partial charge in [0.05, 0.1) is 17.6 Å². The molecule has 11 heteroatoms. The third-order valence-corrected chi connectivity index (χ3v) is 7.72. The molecule has 0 radical (unpaired) electrons. The number of benzene rings is 1. The molecule has 2 aliphatic carbocycles. The van der Waals surface area contributed by atoms with Crippen LogP contribution in [0.5, 0.6) is 0 Å². The van der Waals surface area contributed by atoms with Crippen molar-refractivity contribution in [2.24, 2.45) is 11.3 Å². The van der Waals surface area contributed by atoms with Gasteiger partial charge in [0.25, 0.3) is 5.56 Å². The Balaban J connectivity index is 1.49. The van der Waals surface area contributed by atoms with Gasteiger partial charge in [-0.2, -0.15) is 4.98 Å². The molecule has 1 spiro atoms. The van der Waals surface area contributed by atoms with Crippen LogP contribution in [-0.2, 0) is 10.0 Å². The van der Waals surface area contributed by atoms with Gasteiger partial charge < -0.3 is 5.73 Å². The molecule has 2 saturated carbocycles. The van der Waals surface area contributed by atoms with Gasteiger partial charge in [-0.25, -0.2) is 22.8 Å². The number of rotatable bonds is 6. The fourth-order valence-electron chi connectivity index (χ4n) is 4.34. The van der Waals surface area contributed by atoms with Gasteiger partial charge in [-0.1, -0.05) is 6.07 Å². The van der Waals surface area contributed by atoms with Crippen molar-refractivity contribution in [1.29, 1.82) is 0 Å². The van der Waals surface area contributed by atoms with Gasteiger partial charge >= 0.3 is 0 Å². The van der Waals surface area contributed by atoms with E-state index in [1.165, 1.54) is 22.9 Å². The number of sulfonamides is 1. The van der Waals surface area contributed by atoms with Gasteiger partial charge in [0, 0.05) is 11.6 Å². The van der Waals surface area contributed by atoms with E-state index in [2.05, 4.69) is 19.7 Å². The van der Waals surface area contributed by atoms with E-state index in [1.54, 1.807) is 0 Å². The number of nitrogen functional groups attached to an aromatic ring is 1. The van der Waals surface area contributed by atoms with Crippen LogP contribution in [0.3, 0.4) is 0 Å². The van der Waals surface area contributed by atoms with Gasteiger partial charge in [-0.05, 0) is 56.6 Å². The first kappa shape index (κ1) is 20.8. The topological polar surface area (TPSA) is 133 Å². The molecule has 2 aromatic heterocycles. The number of nitrogens with one attached hydrogen (secondary N) is 1. The molecule has 5 rings (SSSR count). The fraction of sp³-hybridized carbons (Fsp3) is 0.429. The van der Waals surface area contributed by atoms with Crippen LogP contribution in [0.15, 0.2) is 29.2 Å². The molecule has 3 aromatic rings. The predicted octanol–water partition coefficient (Wildman–Crippen LogP) is 2.70. The Morgan fingerprint density at radius 3 is 2.69 bits per heavy atom. The predicted molar refractivity (Wildman–Crippen MR) is 119 cm³/mol. The third kappa shape index (κ3) is 3.60. The minimum Gasteiger partial charge on any atom is -0.368 e. The summed E-state index contributed by atoms with van der Waals surface area (Å²) < 4.78 is 43.5. The lowest BCUT2D eigenvalue weighted by Gasteiger charge is -2.15. The Hall–Kier alpha value is -3.08. The molecule has 1 atom stereocenters. The number of anilines is 2. The van der Waals surface area contributed by atoms with Crippen molar-refractivity contribution < 1.29 is 12.8 Å². The summed E-state index contributed by atoms with van der Waals surface area (Å²) >= 11 is 0. The van der Waals surface area contributed by atoms with E-state index in [9.17, 15) is 17.6 Å². The van der Waals surface area contributed by atoms with Crippen molar-refractivity contribution in [2.45, 2.75) is 39.2 Å². The van der Waals surface area contributed by atoms with Gasteiger partial charge in [-0.15, -0.1) is 0 Å². The molecule has 0 bridgehead atoms. The summed E-state index contributed by atoms with van der Waals surface area (Å²) in [4.78, 5) is 25.5. The number of nitrogens with zero attached hydrogens (tertiary/aromatic N) is 4. The second-order valence-electron chi connectivity index (χ2n) is 9.01. The zero-order valence-corrected chi connectivity index (χ0v) is 18.5. The lowest BCUT2D eigenvalue weighted by molar-refractivity contribution is 0.590. The molecule has 0 aliphatic heterocycles. The Kier molecular flexibility index (Phi) is 4.52. The van der Waals surface area contributed by atoms with Crippen LogP contribution < -0.4 is 16.0 Å². The lowest BCUT2D eigenvalue weighted by Crippen LogP contribution is -2.26. The Bertz CT molecular complexity index is 1420. The maximum absolute atomic E-state index is 14.8. The van der Waals surface area contributed by atoms with Crippen molar-refractivity contribution in [3.05, 3.63) is 40.6 Å². The number of aromatic nitrogens is 4. The molecule has 32 heavy (non-hydrogen) atoms. The van der Waals surface area contributed by atoms with E-state index in [0.717, 1.165) is 25.3 Å². The standard InChI is InChI=1S/C21H23FN6O3S/c1-11(2)28-18-16(9-24-20(23)26-18)25-17(19(28)29)12-3-4-15(14(22)7-12)27-32(30,31)10-13-8-21(13)5-6-21/h3-4,7,9,11,13,27H,5-6,8,10H2,1-2H3,(H2,23,24,26). The summed E-state index contributed by atoms with van der Waals surface area (Å²) in [6.07, 6.45) is 4.50. The van der Waals surface area contributed by atoms with Gasteiger partial charge in [-0.3, -0.25) is 14.1 Å². The van der Waals surface area contributed by atoms with Gasteiger partial charge in [0.15, 0.2) is 5.65 Å². The van der Waals surface area contributed by atoms with Crippen LogP contribution in [-0.4, -0.2) is 33.7 Å². The van der Waals surface area contributed by atoms with Crippen LogP contribution in [0.4, 0.5) is 16.0 Å². The zero-order chi connectivity index (χ0) is 22.8. The second kappa shape index (κ2) is 6.96. The molecule has 2 aliphatic rings. The van der Waals surface area contributed by atoms with Crippen molar-refractivity contribution >= 4 is 32.8 Å². The molecular formula is C21H23FN6O3S. The first-order chi connectivity index (χ1) is 15.1. The van der Waals surface area contributed by atoms with E-state index >= 15 is 0 Å². The van der Waals surface area contributed by atoms with Gasteiger partial charge in [0.2, 0.25) is 16.0 Å². The Morgan fingerprint density at radius 2 is 2.06 bits per heavy atom. The summed E-state index contributed by atoms with van der Waals surface area (Å²) in [7, 11) is -3.66. The number of halogens is 1. The number of hydrogen-bond acceptors (Lipinski definition) is 7. The monoisotopic (exact) mass is 458 g/mol. The van der Waals surface area contributed by atoms with Crippen LogP contribution in [0, 0.1) is 17.2 Å². The molecule has 168 valence electrons. The highest BCUT2D eigenvalue weighted by Crippen LogP contribution is 2.70. The first-order valence-corrected chi connectivity index (χ1v) is 12.1. The summed E-state index contributed by atoms with van der Waals surface area (Å²) in [5, 5.41) is 0. The van der Waals surface area contributed by atoms with Crippen molar-refractivity contribution in [2.75, 3.05) is 16.2 Å². The minimum absolute atomic E-state index is 0.00263. The molecule has 2 heterocycles. The molecule has 0 amide bonds. The van der Waals surface area contributed by atoms with E-state index in [-0.39, 0.29) is 46.0 Å². The third-order valence-electron chi connectivity index (χ3n) is 6.35. The summed E-state index contributed by atoms with van der Waals surface area (Å²) in [6, 6.07) is 3.63. The van der Waals surface area contributed by atoms with E-state index in [0.29, 0.717) is 11.2 Å². The summed E-state index contributed by atoms with van der Waals surface area (Å²) in [5.74, 6) is -0.603. The van der Waals surface area contributed by atoms with Crippen molar-refractivity contribution in [1.82, 2.24) is 19.5 Å². The lowest BCUT2D eigenvalue weighted by atomic mass is 10.1. The zero-order valence-electron chi connectivity index (χ0n) is 17.7. The summed E-state index contributed by atoms with van der Waals surface area (Å²) in [5.41, 5.74) is 6.16. The van der Waals surface area contributed by atoms with Crippen LogP contribution in [0.25, 0.3) is 22.4 Å². The first-order valence-electron chi connectivity index (χ1n) is 10.4. The average molecular weight is 459 g/mol. The molecule has 0 saturated heterocycles. The van der Waals surface area contributed by atoms with E-state index < -0.39 is 21.4 Å². The molecular weight excluding hydrogens is 435 g/mol. The molecule has 9 nitrogen and oxygen atoms in total. The maximum Gasteiger partial charge on any atom is 0.278 e. The second-order valence-corrected chi connectivity index (χ2v) is 10.8. The number of hydrogen-bond donors (Lipinski definition) is 2. The average Bonchev–Trinajstić information content (AvgIpc) is 3.61. The van der Waals surface area contributed by atoms with Crippen LogP contribution in [0.1, 0.15) is 39.2 Å². The SMILES string of the molecule is CC(C)n1c(=O)c(-c2ccc(NS(=O)(=O)CC3CC34CC4)c(F)c2)nc2cnc(N)nc21. The number of nitrogens with two attached hydrogens (primary N) is 1. The largest absolute Gasteiger partial charge is 0.368 e. The van der Waals surface area contributed by atoms with Crippen molar-refractivity contribution in [3.8, 4) is 11.3 Å². The summed E-state index contributed by atoms with van der Waals surface area (Å²) in [6.45, 7) is 3.63. The van der Waals surface area contributed by atoms with Crippen molar-refractivity contribution in [3.63, 3.8) is 0 Å². The smallest absolute Gasteiger partial charge is 0.278 e. The van der Waals surface area contributed by atoms with E-state index in [1.807, 2.05) is 13.8 Å². The van der Waals surface area contributed by atoms with E-state index in [4.69, 9.17) is 5.73 Å². The normalized spacial score (nSPS) is 18.9. The molecule has 3 N–H and O–H groups in total. The Morgan fingerprint density at radius 1 is 1.31 bits per heavy atom. The quantitative estimate of drug-likeness (QED) is 0.580. The van der Waals surface area contributed by atoms with Crippen LogP contribution >= 0.6 is 0 Å². The number of fused-ring (bicyclic) bond motifs is 1. The highest BCUT2D eigenvalue weighted by Gasteiger charge is 2.63.